The molecule has 2 aromatic heterocycles. The van der Waals surface area contributed by atoms with E-state index in [0.717, 1.165) is 12.8 Å². The Morgan fingerprint density at radius 3 is 2.84 bits per heavy atom. The molecular formula is C12H17N5O2. The van der Waals surface area contributed by atoms with Crippen LogP contribution in [0.1, 0.15) is 32.9 Å². The molecule has 7 nitrogen and oxygen atoms in total. The Morgan fingerprint density at radius 2 is 2.21 bits per heavy atom. The van der Waals surface area contributed by atoms with E-state index in [9.17, 15) is 9.59 Å². The predicted molar refractivity (Wildman–Crippen MR) is 71.1 cm³/mol. The minimum absolute atomic E-state index is 0.159. The number of carbonyl (C=O) groups excluding carboxylic acids is 1. The van der Waals surface area contributed by atoms with E-state index in [2.05, 4.69) is 20.4 Å². The van der Waals surface area contributed by atoms with Crippen molar-refractivity contribution in [2.24, 2.45) is 5.92 Å². The first-order valence-electron chi connectivity index (χ1n) is 6.30. The molecule has 0 aliphatic carbocycles. The van der Waals surface area contributed by atoms with Gasteiger partial charge in [0, 0.05) is 12.0 Å². The van der Waals surface area contributed by atoms with Crippen molar-refractivity contribution in [1.82, 2.24) is 19.6 Å². The summed E-state index contributed by atoms with van der Waals surface area (Å²) in [6.45, 7) is 5.58. The Labute approximate surface area is 110 Å². The highest BCUT2D eigenvalue weighted by atomic mass is 16.2. The molecule has 7 heteroatoms. The van der Waals surface area contributed by atoms with Gasteiger partial charge in [0.25, 0.3) is 11.3 Å². The number of aryl methyl sites for hydroxylation is 1. The first kappa shape index (κ1) is 13.3. The van der Waals surface area contributed by atoms with E-state index in [1.807, 2.05) is 6.92 Å². The highest BCUT2D eigenvalue weighted by Gasteiger charge is 2.12. The fourth-order valence-corrected chi connectivity index (χ4v) is 1.63. The second kappa shape index (κ2) is 5.21. The second-order valence-electron chi connectivity index (χ2n) is 4.69. The van der Waals surface area contributed by atoms with Gasteiger partial charge in [0.05, 0.1) is 5.69 Å². The van der Waals surface area contributed by atoms with Gasteiger partial charge in [0.15, 0.2) is 0 Å². The van der Waals surface area contributed by atoms with Crippen LogP contribution in [0.4, 0.5) is 5.95 Å². The quantitative estimate of drug-likeness (QED) is 0.859. The number of hydrogen-bond acceptors (Lipinski definition) is 4. The van der Waals surface area contributed by atoms with Gasteiger partial charge in [-0.3, -0.25) is 20.0 Å². The van der Waals surface area contributed by atoms with Crippen LogP contribution >= 0.6 is 0 Å². The average molecular weight is 263 g/mol. The Bertz CT molecular complexity index is 656. The maximum absolute atomic E-state index is 11.8. The molecule has 0 bridgehead atoms. The minimum atomic E-state index is -0.231. The molecule has 0 aliphatic rings. The van der Waals surface area contributed by atoms with Crippen LogP contribution in [0.25, 0.3) is 5.78 Å². The third kappa shape index (κ3) is 2.81. The lowest BCUT2D eigenvalue weighted by molar-refractivity contribution is -0.118. The predicted octanol–water partition coefficient (Wildman–Crippen LogP) is 0.965. The number of fused-ring (bicyclic) bond motifs is 1. The number of nitrogens with one attached hydrogen (secondary N) is 2. The molecule has 0 radical (unpaired) electrons. The number of aromatic nitrogens is 4. The standard InChI is InChI=1S/C12H17N5O2/c1-4-5-8-6-9(18)17-12(13-8)15-11(16-17)14-10(19)7(2)3/h6-7H,4-5H2,1-3H3,(H2,13,14,15,16,19). The summed E-state index contributed by atoms with van der Waals surface area (Å²) in [5, 5.41) is 5.32. The molecule has 1 amide bonds. The van der Waals surface area contributed by atoms with E-state index in [1.165, 1.54) is 10.6 Å². The van der Waals surface area contributed by atoms with Crippen molar-refractivity contribution in [2.75, 3.05) is 5.32 Å². The second-order valence-corrected chi connectivity index (χ2v) is 4.69. The summed E-state index contributed by atoms with van der Waals surface area (Å²) in [6, 6.07) is 1.47. The van der Waals surface area contributed by atoms with Gasteiger partial charge in [-0.15, -0.1) is 0 Å². The lowest BCUT2D eigenvalue weighted by atomic mass is 10.2. The third-order valence-electron chi connectivity index (χ3n) is 2.66. The summed E-state index contributed by atoms with van der Waals surface area (Å²) in [7, 11) is 0. The van der Waals surface area contributed by atoms with Crippen molar-refractivity contribution < 1.29 is 4.79 Å². The highest BCUT2D eigenvalue weighted by Crippen LogP contribution is 2.05. The summed E-state index contributed by atoms with van der Waals surface area (Å²) in [6.07, 6.45) is 1.64. The van der Waals surface area contributed by atoms with E-state index in [4.69, 9.17) is 0 Å². The number of hydrogen-bond donors (Lipinski definition) is 2. The van der Waals surface area contributed by atoms with Crippen molar-refractivity contribution in [3.05, 3.63) is 22.1 Å². The molecule has 2 heterocycles. The topological polar surface area (TPSA) is 92.2 Å². The fourth-order valence-electron chi connectivity index (χ4n) is 1.63. The summed E-state index contributed by atoms with van der Waals surface area (Å²) in [4.78, 5) is 31.8. The molecule has 0 saturated heterocycles. The first-order chi connectivity index (χ1) is 9.01. The van der Waals surface area contributed by atoms with Gasteiger partial charge in [0.1, 0.15) is 0 Å². The molecule has 0 unspecified atom stereocenters. The molecule has 19 heavy (non-hydrogen) atoms. The minimum Gasteiger partial charge on any atom is -0.295 e. The van der Waals surface area contributed by atoms with Gasteiger partial charge in [-0.1, -0.05) is 27.2 Å². The van der Waals surface area contributed by atoms with Gasteiger partial charge < -0.3 is 0 Å². The van der Waals surface area contributed by atoms with Crippen LogP contribution in [0.2, 0.25) is 0 Å². The smallest absolute Gasteiger partial charge is 0.274 e. The molecule has 2 N–H and O–H groups in total. The maximum Gasteiger partial charge on any atom is 0.274 e. The number of aromatic amines is 1. The molecule has 0 atom stereocenters. The Kier molecular flexibility index (Phi) is 3.64. The lowest BCUT2D eigenvalue weighted by Gasteiger charge is -2.02. The Hall–Kier alpha value is -2.18. The number of H-pyrrole nitrogens is 1. The molecule has 102 valence electrons. The van der Waals surface area contributed by atoms with Crippen molar-refractivity contribution >= 4 is 17.6 Å². The van der Waals surface area contributed by atoms with E-state index in [-0.39, 0.29) is 29.1 Å². The van der Waals surface area contributed by atoms with Gasteiger partial charge >= 0.3 is 0 Å². The molecule has 0 aromatic carbocycles. The molecule has 2 aromatic rings. The normalized spacial score (nSPS) is 11.2. The zero-order chi connectivity index (χ0) is 14.0. The molecule has 2 rings (SSSR count). The summed E-state index contributed by atoms with van der Waals surface area (Å²) < 4.78 is 1.22. The van der Waals surface area contributed by atoms with Crippen LogP contribution in [-0.4, -0.2) is 25.5 Å². The van der Waals surface area contributed by atoms with Crippen LogP contribution in [0.5, 0.6) is 0 Å². The summed E-state index contributed by atoms with van der Waals surface area (Å²) >= 11 is 0. The number of nitrogens with zero attached hydrogens (tertiary/aromatic N) is 3. The van der Waals surface area contributed by atoms with Gasteiger partial charge in [-0.05, 0) is 6.42 Å². The van der Waals surface area contributed by atoms with E-state index >= 15 is 0 Å². The lowest BCUT2D eigenvalue weighted by Crippen LogP contribution is -2.19. The number of carbonyl (C=O) groups is 1. The molecule has 0 spiro atoms. The van der Waals surface area contributed by atoms with Crippen molar-refractivity contribution in [3.63, 3.8) is 0 Å². The van der Waals surface area contributed by atoms with Crippen LogP contribution in [0.3, 0.4) is 0 Å². The molecule has 0 aliphatic heterocycles. The van der Waals surface area contributed by atoms with Crippen LogP contribution < -0.4 is 10.9 Å². The fraction of sp³-hybridized carbons (Fsp3) is 0.500. The Morgan fingerprint density at radius 1 is 1.47 bits per heavy atom. The van der Waals surface area contributed by atoms with Crippen molar-refractivity contribution in [2.45, 2.75) is 33.6 Å². The number of amides is 1. The zero-order valence-corrected chi connectivity index (χ0v) is 11.2. The van der Waals surface area contributed by atoms with Gasteiger partial charge in [-0.2, -0.15) is 9.50 Å². The molecular weight excluding hydrogens is 246 g/mol. The van der Waals surface area contributed by atoms with E-state index in [0.29, 0.717) is 5.69 Å². The highest BCUT2D eigenvalue weighted by molar-refractivity contribution is 5.90. The van der Waals surface area contributed by atoms with E-state index in [1.54, 1.807) is 13.8 Å². The van der Waals surface area contributed by atoms with Crippen LogP contribution in [-0.2, 0) is 11.2 Å². The van der Waals surface area contributed by atoms with Crippen LogP contribution in [0.15, 0.2) is 10.9 Å². The van der Waals surface area contributed by atoms with Gasteiger partial charge in [-0.25, -0.2) is 4.98 Å². The van der Waals surface area contributed by atoms with E-state index < -0.39 is 0 Å². The van der Waals surface area contributed by atoms with Crippen molar-refractivity contribution in [1.29, 1.82) is 0 Å². The van der Waals surface area contributed by atoms with Crippen molar-refractivity contribution in [3.8, 4) is 0 Å². The summed E-state index contributed by atoms with van der Waals surface area (Å²) in [5.41, 5.74) is 0.478. The largest absolute Gasteiger partial charge is 0.295 e. The monoisotopic (exact) mass is 263 g/mol. The summed E-state index contributed by atoms with van der Waals surface area (Å²) in [5.74, 6) is 0.182. The maximum atomic E-state index is 11.8. The third-order valence-corrected chi connectivity index (χ3v) is 2.66. The average Bonchev–Trinajstić information content (AvgIpc) is 2.72. The zero-order valence-electron chi connectivity index (χ0n) is 11.2. The number of rotatable bonds is 4. The van der Waals surface area contributed by atoms with Crippen LogP contribution in [0, 0.1) is 5.92 Å². The molecule has 0 fully saturated rings. The number of anilines is 1. The molecule has 0 saturated carbocycles. The SMILES string of the molecule is CCCc1cc(=O)n2[nH]c(NC(=O)C(C)C)nc2n1. The Balaban J connectivity index is 2.37. The van der Waals surface area contributed by atoms with Gasteiger partial charge in [0.2, 0.25) is 11.9 Å². The first-order valence-corrected chi connectivity index (χ1v) is 6.30.